The van der Waals surface area contributed by atoms with Crippen LogP contribution in [0.5, 0.6) is 5.19 Å². The Hall–Kier alpha value is -2.84. The van der Waals surface area contributed by atoms with Gasteiger partial charge >= 0.3 is 11.4 Å². The monoisotopic (exact) mass is 534 g/mol. The fraction of sp³-hybridized carbons (Fsp3) is 0.316. The third-order valence-corrected chi connectivity index (χ3v) is 6.38. The number of aromatic nitrogens is 4. The van der Waals surface area contributed by atoms with Crippen molar-refractivity contribution < 1.29 is 27.0 Å². The Morgan fingerprint density at radius 2 is 2.18 bits per heavy atom. The molecule has 0 bridgehead atoms. The summed E-state index contributed by atoms with van der Waals surface area (Å²) >= 11 is 7.36. The average molecular weight is 535 g/mol. The number of carbonyl (C=O) groups is 1. The smallest absolute Gasteiger partial charge is 0.324 e. The van der Waals surface area contributed by atoms with Gasteiger partial charge in [0.1, 0.15) is 5.69 Å². The molecule has 3 rings (SSSR count). The number of carbonyl (C=O) groups excluding carboxylic acids is 1. The van der Waals surface area contributed by atoms with E-state index in [0.29, 0.717) is 5.69 Å². The van der Waals surface area contributed by atoms with Crippen LogP contribution in [-0.2, 0) is 15.6 Å². The van der Waals surface area contributed by atoms with Gasteiger partial charge in [0.05, 0.1) is 30.3 Å². The van der Waals surface area contributed by atoms with Crippen molar-refractivity contribution in [1.29, 1.82) is 0 Å². The fourth-order valence-electron chi connectivity index (χ4n) is 2.66. The number of thiazole rings is 1. The van der Waals surface area contributed by atoms with Crippen molar-refractivity contribution >= 4 is 51.0 Å². The number of nitrogens with zero attached hydrogens (tertiary/aromatic N) is 6. The van der Waals surface area contributed by atoms with Crippen molar-refractivity contribution in [2.45, 2.75) is 19.5 Å². The van der Waals surface area contributed by atoms with Gasteiger partial charge in [-0.05, 0) is 19.1 Å². The first kappa shape index (κ1) is 25.8. The molecule has 3 aromatic heterocycles. The highest BCUT2D eigenvalue weighted by Gasteiger charge is 2.30. The second kappa shape index (κ2) is 11.5. The van der Waals surface area contributed by atoms with E-state index in [9.17, 15) is 22.2 Å². The van der Waals surface area contributed by atoms with Crippen LogP contribution in [0.25, 0.3) is 5.69 Å². The second-order valence-electron chi connectivity index (χ2n) is 6.59. The van der Waals surface area contributed by atoms with Crippen LogP contribution in [0.1, 0.15) is 13.3 Å². The number of halogens is 4. The topological polar surface area (TPSA) is 103 Å². The molecule has 0 fully saturated rings. The lowest BCUT2D eigenvalue weighted by atomic mass is 10.3. The van der Waals surface area contributed by atoms with E-state index in [-0.39, 0.29) is 28.3 Å². The minimum absolute atomic E-state index is 0.00237. The lowest BCUT2D eigenvalue weighted by Crippen LogP contribution is -2.39. The molecule has 9 nitrogen and oxygen atoms in total. The predicted molar refractivity (Wildman–Crippen MR) is 123 cm³/mol. The third kappa shape index (κ3) is 7.08. The quantitative estimate of drug-likeness (QED) is 0.289. The van der Waals surface area contributed by atoms with Crippen molar-refractivity contribution in [3.63, 3.8) is 0 Å². The summed E-state index contributed by atoms with van der Waals surface area (Å²) in [4.78, 5) is 27.5. The Bertz CT molecular complexity index is 1160. The molecule has 182 valence electrons. The van der Waals surface area contributed by atoms with E-state index in [4.69, 9.17) is 16.4 Å². The summed E-state index contributed by atoms with van der Waals surface area (Å²) in [6.07, 6.45) is 0.350. The number of hydrogen-bond acceptors (Lipinski definition) is 8. The molecule has 1 atom stereocenters. The van der Waals surface area contributed by atoms with Crippen LogP contribution in [0.15, 0.2) is 47.5 Å². The van der Waals surface area contributed by atoms with E-state index in [0.717, 1.165) is 11.3 Å². The van der Waals surface area contributed by atoms with E-state index in [1.165, 1.54) is 22.0 Å². The van der Waals surface area contributed by atoms with Gasteiger partial charge in [0, 0.05) is 40.9 Å². The zero-order valence-corrected chi connectivity index (χ0v) is 20.0. The van der Waals surface area contributed by atoms with Crippen molar-refractivity contribution in [2.75, 3.05) is 23.0 Å². The van der Waals surface area contributed by atoms with Gasteiger partial charge in [-0.3, -0.25) is 14.0 Å². The van der Waals surface area contributed by atoms with Gasteiger partial charge < -0.3 is 9.74 Å². The van der Waals surface area contributed by atoms with Gasteiger partial charge in [0.25, 0.3) is 5.91 Å². The number of hydrogen-bond donors (Lipinski definition) is 0. The van der Waals surface area contributed by atoms with Crippen LogP contribution in [0, 0.1) is 0 Å². The summed E-state index contributed by atoms with van der Waals surface area (Å²) in [6, 6.07) is 3.43. The molecular weight excluding hydrogens is 517 g/mol. The zero-order valence-electron chi connectivity index (χ0n) is 17.6. The van der Waals surface area contributed by atoms with Crippen LogP contribution in [0.3, 0.4) is 0 Å². The molecule has 3 heterocycles. The normalized spacial score (nSPS) is 13.0. The largest absolute Gasteiger partial charge is 0.390 e. The molecular formula is C19H18ClF3N6O3S2. The number of oxime groups is 1. The van der Waals surface area contributed by atoms with Gasteiger partial charge in [-0.1, -0.05) is 28.1 Å². The van der Waals surface area contributed by atoms with Crippen LogP contribution in [0.4, 0.5) is 18.9 Å². The maximum absolute atomic E-state index is 13.3. The number of alkyl halides is 3. The molecule has 0 aromatic carbocycles. The zero-order chi connectivity index (χ0) is 24.7. The van der Waals surface area contributed by atoms with Crippen LogP contribution >= 0.6 is 22.9 Å². The van der Waals surface area contributed by atoms with E-state index in [1.807, 2.05) is 0 Å². The highest BCUT2D eigenvalue weighted by atomic mass is 35.5. The van der Waals surface area contributed by atoms with Gasteiger partial charge in [0.2, 0.25) is 0 Å². The first-order valence-electron chi connectivity index (χ1n) is 9.70. The molecule has 15 heteroatoms. The lowest BCUT2D eigenvalue weighted by molar-refractivity contribution is -0.129. The number of rotatable bonds is 10. The fourth-order valence-corrected chi connectivity index (χ4v) is 4.41. The van der Waals surface area contributed by atoms with E-state index < -0.39 is 40.8 Å². The molecule has 0 aliphatic carbocycles. The summed E-state index contributed by atoms with van der Waals surface area (Å²) in [7, 11) is -2.03. The molecule has 0 radical (unpaired) electrons. The molecule has 34 heavy (non-hydrogen) atoms. The summed E-state index contributed by atoms with van der Waals surface area (Å²) in [5.41, 5.74) is 0.470. The van der Waals surface area contributed by atoms with Crippen molar-refractivity contribution in [2.24, 2.45) is 5.16 Å². The highest BCUT2D eigenvalue weighted by molar-refractivity contribution is 7.85. The molecule has 1 amide bonds. The Labute approximate surface area is 203 Å². The highest BCUT2D eigenvalue weighted by Crippen LogP contribution is 2.26. The van der Waals surface area contributed by atoms with E-state index in [1.54, 1.807) is 36.8 Å². The van der Waals surface area contributed by atoms with Gasteiger partial charge in [-0.15, -0.1) is 0 Å². The second-order valence-corrected chi connectivity index (χ2v) is 9.38. The molecule has 0 aliphatic rings. The van der Waals surface area contributed by atoms with E-state index >= 15 is 0 Å². The Kier molecular flexibility index (Phi) is 8.74. The maximum atomic E-state index is 13.3. The first-order chi connectivity index (χ1) is 16.2. The van der Waals surface area contributed by atoms with Crippen molar-refractivity contribution in [1.82, 2.24) is 19.7 Å². The van der Waals surface area contributed by atoms with Crippen LogP contribution in [-0.4, -0.2) is 59.8 Å². The Morgan fingerprint density at radius 1 is 1.38 bits per heavy atom. The minimum Gasteiger partial charge on any atom is -0.324 e. The molecule has 0 spiro atoms. The number of anilines is 1. The summed E-state index contributed by atoms with van der Waals surface area (Å²) in [5, 5.41) is 9.65. The molecule has 0 saturated carbocycles. The summed E-state index contributed by atoms with van der Waals surface area (Å²) in [6.45, 7) is 1.78. The maximum Gasteiger partial charge on any atom is 0.390 e. The third-order valence-electron chi connectivity index (χ3n) is 4.22. The lowest BCUT2D eigenvalue weighted by Gasteiger charge is -2.20. The Balaban J connectivity index is 1.86. The first-order valence-corrected chi connectivity index (χ1v) is 12.4. The van der Waals surface area contributed by atoms with Gasteiger partial charge in [-0.2, -0.15) is 18.3 Å². The average Bonchev–Trinajstić information content (AvgIpc) is 3.46. The predicted octanol–water partition coefficient (Wildman–Crippen LogP) is 3.87. The molecule has 0 saturated heterocycles. The molecule has 1 unspecified atom stereocenters. The standard InChI is InChI=1S/C19H18ClF3N6O3S2/c1-2-28(15-11-29(26-16(15)20)13-4-3-6-24-10-13)17(30)14(27-32-18-25-7-8-33-18)12-34(31)9-5-19(21,22)23/h3-4,6-8,10-11H,2,5,9,12H2,1H3. The van der Waals surface area contributed by atoms with Crippen LogP contribution in [0.2, 0.25) is 5.15 Å². The van der Waals surface area contributed by atoms with Gasteiger partial charge in [0.15, 0.2) is 10.9 Å². The Morgan fingerprint density at radius 3 is 2.79 bits per heavy atom. The van der Waals surface area contributed by atoms with Crippen molar-refractivity contribution in [3.8, 4) is 10.9 Å². The summed E-state index contributed by atoms with van der Waals surface area (Å²) < 4.78 is 51.3. The molecule has 0 aliphatic heterocycles. The van der Waals surface area contributed by atoms with E-state index in [2.05, 4.69) is 20.2 Å². The number of amides is 1. The summed E-state index contributed by atoms with van der Waals surface area (Å²) in [5.74, 6) is -1.98. The van der Waals surface area contributed by atoms with Crippen molar-refractivity contribution in [3.05, 3.63) is 47.5 Å². The van der Waals surface area contributed by atoms with Crippen LogP contribution < -0.4 is 9.74 Å². The number of pyridine rings is 1. The molecule has 3 aromatic rings. The van der Waals surface area contributed by atoms with Gasteiger partial charge in [-0.25, -0.2) is 9.67 Å². The molecule has 0 N–H and O–H groups in total. The SMILES string of the molecule is CCN(C(=O)C(CS(=O)CCC(F)(F)F)=NOc1nccs1)c1cn(-c2cccnc2)nc1Cl. The minimum atomic E-state index is -4.47.